The zero-order valence-corrected chi connectivity index (χ0v) is 11.9. The zero-order chi connectivity index (χ0) is 14.8. The van der Waals surface area contributed by atoms with Gasteiger partial charge in [0.1, 0.15) is 23.2 Å². The van der Waals surface area contributed by atoms with Crippen LogP contribution in [0.5, 0.6) is 5.75 Å². The van der Waals surface area contributed by atoms with E-state index >= 15 is 0 Å². The number of benzene rings is 2. The molecular weight excluding hydrogens is 291 g/mol. The van der Waals surface area contributed by atoms with Crippen LogP contribution in [0.4, 0.5) is 10.1 Å². The Morgan fingerprint density at radius 3 is 3.05 bits per heavy atom. The van der Waals surface area contributed by atoms with Crippen LogP contribution in [-0.4, -0.2) is 6.61 Å². The van der Waals surface area contributed by atoms with Gasteiger partial charge < -0.3 is 10.1 Å². The van der Waals surface area contributed by atoms with Crippen molar-refractivity contribution in [1.29, 1.82) is 5.26 Å². The van der Waals surface area contributed by atoms with Crippen LogP contribution in [0.15, 0.2) is 30.3 Å². The van der Waals surface area contributed by atoms with Crippen molar-refractivity contribution in [3.05, 3.63) is 57.9 Å². The van der Waals surface area contributed by atoms with E-state index in [9.17, 15) is 4.39 Å². The van der Waals surface area contributed by atoms with E-state index in [0.717, 1.165) is 23.3 Å². The normalized spacial score (nSPS) is 12.4. The average molecular weight is 303 g/mol. The molecule has 1 heterocycles. The second kappa shape index (κ2) is 5.63. The summed E-state index contributed by atoms with van der Waals surface area (Å²) in [7, 11) is 0. The Morgan fingerprint density at radius 2 is 2.24 bits per heavy atom. The van der Waals surface area contributed by atoms with Gasteiger partial charge in [-0.05, 0) is 29.8 Å². The third kappa shape index (κ3) is 2.65. The maximum Gasteiger partial charge on any atom is 0.143 e. The van der Waals surface area contributed by atoms with Crippen molar-refractivity contribution >= 4 is 17.3 Å². The summed E-state index contributed by atoms with van der Waals surface area (Å²) in [5.41, 5.74) is 2.46. The molecule has 0 radical (unpaired) electrons. The highest BCUT2D eigenvalue weighted by molar-refractivity contribution is 6.30. The molecule has 0 spiro atoms. The van der Waals surface area contributed by atoms with Gasteiger partial charge in [0.15, 0.2) is 0 Å². The van der Waals surface area contributed by atoms with E-state index in [0.29, 0.717) is 23.9 Å². The molecule has 0 aromatic heterocycles. The number of ether oxygens (including phenoxy) is 1. The number of hydrogen-bond acceptors (Lipinski definition) is 3. The Kier molecular flexibility index (Phi) is 3.68. The number of nitrogens with one attached hydrogen (secondary N) is 1. The Labute approximate surface area is 126 Å². The minimum absolute atomic E-state index is 0.0112. The highest BCUT2D eigenvalue weighted by Gasteiger charge is 2.18. The molecule has 0 saturated carbocycles. The molecule has 2 aromatic rings. The lowest BCUT2D eigenvalue weighted by molar-refractivity contribution is 0.354. The van der Waals surface area contributed by atoms with Gasteiger partial charge in [-0.15, -0.1) is 0 Å². The van der Waals surface area contributed by atoms with E-state index in [1.807, 2.05) is 18.2 Å². The van der Waals surface area contributed by atoms with Gasteiger partial charge in [0.2, 0.25) is 0 Å². The van der Waals surface area contributed by atoms with E-state index in [1.165, 1.54) is 6.07 Å². The van der Waals surface area contributed by atoms with Gasteiger partial charge in [0.05, 0.1) is 12.3 Å². The fraction of sp³-hybridized carbons (Fsp3) is 0.188. The van der Waals surface area contributed by atoms with Gasteiger partial charge in [0.25, 0.3) is 0 Å². The zero-order valence-electron chi connectivity index (χ0n) is 11.1. The predicted octanol–water partition coefficient (Wildman–Crippen LogP) is 3.90. The number of fused-ring (bicyclic) bond motifs is 1. The Bertz CT molecular complexity index is 740. The monoisotopic (exact) mass is 302 g/mol. The van der Waals surface area contributed by atoms with Gasteiger partial charge in [-0.3, -0.25) is 0 Å². The molecular formula is C16H12ClFN2O. The summed E-state index contributed by atoms with van der Waals surface area (Å²) in [6.07, 6.45) is 0.840. The molecule has 0 amide bonds. The van der Waals surface area contributed by atoms with E-state index in [2.05, 4.69) is 5.32 Å². The number of nitrogens with zero attached hydrogens (tertiary/aromatic N) is 1. The van der Waals surface area contributed by atoms with Gasteiger partial charge in [-0.1, -0.05) is 17.7 Å². The summed E-state index contributed by atoms with van der Waals surface area (Å²) >= 11 is 6.10. The molecule has 1 aliphatic rings. The van der Waals surface area contributed by atoms with Crippen molar-refractivity contribution in [2.24, 2.45) is 0 Å². The average Bonchev–Trinajstić information content (AvgIpc) is 2.93. The molecule has 3 rings (SSSR count). The molecule has 1 N–H and O–H groups in total. The second-order valence-corrected chi connectivity index (χ2v) is 5.22. The third-order valence-electron chi connectivity index (χ3n) is 3.42. The van der Waals surface area contributed by atoms with Crippen LogP contribution in [0.25, 0.3) is 0 Å². The quantitative estimate of drug-likeness (QED) is 0.935. The number of nitriles is 1. The van der Waals surface area contributed by atoms with E-state index in [-0.39, 0.29) is 5.56 Å². The molecule has 5 heteroatoms. The molecule has 0 bridgehead atoms. The van der Waals surface area contributed by atoms with Crippen LogP contribution >= 0.6 is 11.6 Å². The lowest BCUT2D eigenvalue weighted by Gasteiger charge is -2.12. The topological polar surface area (TPSA) is 45.0 Å². The van der Waals surface area contributed by atoms with E-state index in [4.69, 9.17) is 21.6 Å². The van der Waals surface area contributed by atoms with Crippen LogP contribution in [0.2, 0.25) is 5.02 Å². The van der Waals surface area contributed by atoms with Gasteiger partial charge in [0, 0.05) is 23.6 Å². The fourth-order valence-corrected chi connectivity index (χ4v) is 2.72. The Morgan fingerprint density at radius 1 is 1.38 bits per heavy atom. The van der Waals surface area contributed by atoms with Gasteiger partial charge in [-0.2, -0.15) is 5.26 Å². The van der Waals surface area contributed by atoms with Crippen molar-refractivity contribution in [1.82, 2.24) is 0 Å². The minimum Gasteiger partial charge on any atom is -0.493 e. The first-order valence-electron chi connectivity index (χ1n) is 6.55. The summed E-state index contributed by atoms with van der Waals surface area (Å²) < 4.78 is 19.2. The second-order valence-electron chi connectivity index (χ2n) is 4.78. The van der Waals surface area contributed by atoms with Crippen molar-refractivity contribution in [2.75, 3.05) is 11.9 Å². The first kappa shape index (κ1) is 13.7. The predicted molar refractivity (Wildman–Crippen MR) is 79.1 cm³/mol. The summed E-state index contributed by atoms with van der Waals surface area (Å²) in [5, 5.41) is 12.7. The molecule has 3 nitrogen and oxygen atoms in total. The van der Waals surface area contributed by atoms with Crippen LogP contribution in [0.1, 0.15) is 16.7 Å². The summed E-state index contributed by atoms with van der Waals surface area (Å²) in [6, 6.07) is 10.1. The van der Waals surface area contributed by atoms with Crippen molar-refractivity contribution < 1.29 is 9.13 Å². The minimum atomic E-state index is -0.532. The van der Waals surface area contributed by atoms with E-state index in [1.54, 1.807) is 12.1 Å². The van der Waals surface area contributed by atoms with Crippen LogP contribution in [0.3, 0.4) is 0 Å². The Balaban J connectivity index is 1.87. The molecule has 0 saturated heterocycles. The number of halogens is 2. The molecule has 21 heavy (non-hydrogen) atoms. The first-order chi connectivity index (χ1) is 10.2. The summed E-state index contributed by atoms with van der Waals surface area (Å²) in [5.74, 6) is 0.303. The van der Waals surface area contributed by atoms with Crippen molar-refractivity contribution in [2.45, 2.75) is 13.0 Å². The van der Waals surface area contributed by atoms with Crippen LogP contribution in [-0.2, 0) is 13.0 Å². The third-order valence-corrected chi connectivity index (χ3v) is 3.64. The molecule has 0 fully saturated rings. The molecule has 1 aliphatic heterocycles. The van der Waals surface area contributed by atoms with Crippen molar-refractivity contribution in [3.63, 3.8) is 0 Å². The smallest absolute Gasteiger partial charge is 0.143 e. The number of hydrogen-bond donors (Lipinski definition) is 1. The fourth-order valence-electron chi connectivity index (χ4n) is 2.45. The standard InChI is InChI=1S/C16H12ClFN2O/c17-12-6-10-4-5-21-16(10)11(7-12)9-20-15-3-1-2-14(18)13(15)8-19/h1-3,6-7,20H,4-5,9H2. The highest BCUT2D eigenvalue weighted by Crippen LogP contribution is 2.33. The van der Waals surface area contributed by atoms with Gasteiger partial charge in [-0.25, -0.2) is 4.39 Å². The van der Waals surface area contributed by atoms with Crippen LogP contribution in [0, 0.1) is 17.1 Å². The lowest BCUT2D eigenvalue weighted by Crippen LogP contribution is -2.04. The summed E-state index contributed by atoms with van der Waals surface area (Å²) in [6.45, 7) is 1.06. The molecule has 2 aromatic carbocycles. The first-order valence-corrected chi connectivity index (χ1v) is 6.93. The lowest BCUT2D eigenvalue weighted by atomic mass is 10.1. The molecule has 106 valence electrons. The largest absolute Gasteiger partial charge is 0.493 e. The molecule has 0 aliphatic carbocycles. The highest BCUT2D eigenvalue weighted by atomic mass is 35.5. The SMILES string of the molecule is N#Cc1c(F)cccc1NCc1cc(Cl)cc2c1OCC2. The Hall–Kier alpha value is -2.25. The number of rotatable bonds is 3. The maximum atomic E-state index is 13.6. The van der Waals surface area contributed by atoms with Crippen LogP contribution < -0.4 is 10.1 Å². The van der Waals surface area contributed by atoms with Gasteiger partial charge >= 0.3 is 0 Å². The molecule has 0 unspecified atom stereocenters. The maximum absolute atomic E-state index is 13.6. The van der Waals surface area contributed by atoms with E-state index < -0.39 is 5.82 Å². The van der Waals surface area contributed by atoms with Crippen molar-refractivity contribution in [3.8, 4) is 11.8 Å². The number of anilines is 1. The summed E-state index contributed by atoms with van der Waals surface area (Å²) in [4.78, 5) is 0. The molecule has 0 atom stereocenters.